The van der Waals surface area contributed by atoms with Crippen LogP contribution in [0, 0.1) is 0 Å². The van der Waals surface area contributed by atoms with E-state index in [1.165, 1.54) is 19.5 Å². The first-order valence-corrected chi connectivity index (χ1v) is 6.02. The normalized spacial score (nSPS) is 11.6. The van der Waals surface area contributed by atoms with Crippen LogP contribution < -0.4 is 10.6 Å². The van der Waals surface area contributed by atoms with E-state index in [9.17, 15) is 9.59 Å². The number of amides is 1. The molecule has 1 amide bonds. The van der Waals surface area contributed by atoms with Gasteiger partial charge in [-0.05, 0) is 6.92 Å². The molecule has 0 aliphatic heterocycles. The van der Waals surface area contributed by atoms with E-state index in [1.807, 2.05) is 0 Å². The second-order valence-electron chi connectivity index (χ2n) is 3.93. The zero-order chi connectivity index (χ0) is 15.0. The summed E-state index contributed by atoms with van der Waals surface area (Å²) >= 11 is 0. The SMILES string of the molecule is COCCNC(=O)C(C)Nc1cnc(C(=O)OC)cn1. The number of esters is 1. The van der Waals surface area contributed by atoms with E-state index >= 15 is 0 Å². The summed E-state index contributed by atoms with van der Waals surface area (Å²) in [5, 5.41) is 5.57. The van der Waals surface area contributed by atoms with Crippen molar-refractivity contribution < 1.29 is 19.1 Å². The highest BCUT2D eigenvalue weighted by atomic mass is 16.5. The van der Waals surface area contributed by atoms with E-state index in [-0.39, 0.29) is 11.6 Å². The predicted octanol–water partition coefficient (Wildman–Crippen LogP) is -0.174. The lowest BCUT2D eigenvalue weighted by atomic mass is 10.3. The maximum atomic E-state index is 11.7. The molecule has 1 rings (SSSR count). The van der Waals surface area contributed by atoms with Crippen molar-refractivity contribution in [1.29, 1.82) is 0 Å². The van der Waals surface area contributed by atoms with Crippen molar-refractivity contribution >= 4 is 17.7 Å². The molecule has 0 saturated carbocycles. The van der Waals surface area contributed by atoms with E-state index in [0.717, 1.165) is 0 Å². The second kappa shape index (κ2) is 8.05. The first-order valence-electron chi connectivity index (χ1n) is 6.02. The minimum absolute atomic E-state index is 0.107. The number of hydrogen-bond acceptors (Lipinski definition) is 7. The molecule has 0 aromatic carbocycles. The summed E-state index contributed by atoms with van der Waals surface area (Å²) in [5.41, 5.74) is 0.107. The largest absolute Gasteiger partial charge is 0.464 e. The van der Waals surface area contributed by atoms with Gasteiger partial charge in [-0.15, -0.1) is 0 Å². The number of carbonyl (C=O) groups excluding carboxylic acids is 2. The predicted molar refractivity (Wildman–Crippen MR) is 71.3 cm³/mol. The minimum Gasteiger partial charge on any atom is -0.464 e. The van der Waals surface area contributed by atoms with E-state index in [2.05, 4.69) is 25.3 Å². The quantitative estimate of drug-likeness (QED) is 0.528. The van der Waals surface area contributed by atoms with Gasteiger partial charge in [0.15, 0.2) is 5.69 Å². The molecule has 1 unspecified atom stereocenters. The van der Waals surface area contributed by atoms with Gasteiger partial charge in [0.1, 0.15) is 11.9 Å². The van der Waals surface area contributed by atoms with E-state index < -0.39 is 12.0 Å². The van der Waals surface area contributed by atoms with Crippen molar-refractivity contribution in [2.75, 3.05) is 32.7 Å². The highest BCUT2D eigenvalue weighted by Gasteiger charge is 2.13. The summed E-state index contributed by atoms with van der Waals surface area (Å²) in [6.45, 7) is 2.58. The number of carbonyl (C=O) groups is 2. The van der Waals surface area contributed by atoms with E-state index in [1.54, 1.807) is 14.0 Å². The highest BCUT2D eigenvalue weighted by molar-refractivity contribution is 5.87. The molecule has 0 aliphatic rings. The minimum atomic E-state index is -0.561. The average Bonchev–Trinajstić information content (AvgIpc) is 2.47. The average molecular weight is 282 g/mol. The summed E-state index contributed by atoms with van der Waals surface area (Å²) in [7, 11) is 2.83. The Morgan fingerprint density at radius 2 is 2.05 bits per heavy atom. The first-order chi connectivity index (χ1) is 9.58. The smallest absolute Gasteiger partial charge is 0.358 e. The maximum Gasteiger partial charge on any atom is 0.358 e. The van der Waals surface area contributed by atoms with Crippen molar-refractivity contribution in [3.05, 3.63) is 18.1 Å². The van der Waals surface area contributed by atoms with Crippen LogP contribution in [-0.2, 0) is 14.3 Å². The van der Waals surface area contributed by atoms with Crippen molar-refractivity contribution in [1.82, 2.24) is 15.3 Å². The van der Waals surface area contributed by atoms with Crippen molar-refractivity contribution in [2.45, 2.75) is 13.0 Å². The van der Waals surface area contributed by atoms with Gasteiger partial charge in [-0.3, -0.25) is 4.79 Å². The Morgan fingerprint density at radius 1 is 1.30 bits per heavy atom. The molecule has 0 radical (unpaired) electrons. The number of nitrogens with one attached hydrogen (secondary N) is 2. The van der Waals surface area contributed by atoms with Gasteiger partial charge in [0.25, 0.3) is 0 Å². The van der Waals surface area contributed by atoms with Crippen LogP contribution in [0.4, 0.5) is 5.82 Å². The lowest BCUT2D eigenvalue weighted by Crippen LogP contribution is -2.39. The number of aromatic nitrogens is 2. The van der Waals surface area contributed by atoms with Crippen LogP contribution in [-0.4, -0.2) is 55.3 Å². The second-order valence-corrected chi connectivity index (χ2v) is 3.93. The van der Waals surface area contributed by atoms with Crippen LogP contribution in [0.2, 0.25) is 0 Å². The fourth-order valence-corrected chi connectivity index (χ4v) is 1.33. The maximum absolute atomic E-state index is 11.7. The lowest BCUT2D eigenvalue weighted by molar-refractivity contribution is -0.121. The van der Waals surface area contributed by atoms with Crippen LogP contribution in [0.5, 0.6) is 0 Å². The number of rotatable bonds is 7. The van der Waals surface area contributed by atoms with Gasteiger partial charge >= 0.3 is 5.97 Å². The Balaban J connectivity index is 2.51. The Bertz CT molecular complexity index is 449. The number of nitrogens with zero attached hydrogens (tertiary/aromatic N) is 2. The summed E-state index contributed by atoms with van der Waals surface area (Å²) < 4.78 is 9.35. The van der Waals surface area contributed by atoms with Gasteiger partial charge in [-0.1, -0.05) is 0 Å². The van der Waals surface area contributed by atoms with Gasteiger partial charge in [0.05, 0.1) is 26.1 Å². The molecular weight excluding hydrogens is 264 g/mol. The standard InChI is InChI=1S/C12H18N4O4/c1-8(11(17)13-4-5-19-2)16-10-7-14-9(6-15-10)12(18)20-3/h6-8H,4-5H2,1-3H3,(H,13,17)(H,15,16). The molecule has 8 heteroatoms. The monoisotopic (exact) mass is 282 g/mol. The van der Waals surface area contributed by atoms with Gasteiger partial charge < -0.3 is 20.1 Å². The third kappa shape index (κ3) is 4.81. The Hall–Kier alpha value is -2.22. The van der Waals surface area contributed by atoms with Gasteiger partial charge in [0.2, 0.25) is 5.91 Å². The zero-order valence-corrected chi connectivity index (χ0v) is 11.7. The molecule has 8 nitrogen and oxygen atoms in total. The van der Waals surface area contributed by atoms with E-state index in [0.29, 0.717) is 19.0 Å². The topological polar surface area (TPSA) is 102 Å². The van der Waals surface area contributed by atoms with Gasteiger partial charge in [-0.2, -0.15) is 0 Å². The van der Waals surface area contributed by atoms with Crippen LogP contribution in [0.3, 0.4) is 0 Å². The number of hydrogen-bond donors (Lipinski definition) is 2. The zero-order valence-electron chi connectivity index (χ0n) is 11.7. The molecular formula is C12H18N4O4. The van der Waals surface area contributed by atoms with Crippen LogP contribution >= 0.6 is 0 Å². The molecule has 0 aliphatic carbocycles. The third-order valence-electron chi connectivity index (χ3n) is 2.41. The Labute approximate surface area is 116 Å². The van der Waals surface area contributed by atoms with Gasteiger partial charge in [0, 0.05) is 13.7 Å². The third-order valence-corrected chi connectivity index (χ3v) is 2.41. The first kappa shape index (κ1) is 15.8. The van der Waals surface area contributed by atoms with Crippen molar-refractivity contribution in [3.8, 4) is 0 Å². The molecule has 0 fully saturated rings. The fourth-order valence-electron chi connectivity index (χ4n) is 1.33. The Morgan fingerprint density at radius 3 is 2.60 bits per heavy atom. The van der Waals surface area contributed by atoms with Crippen molar-refractivity contribution in [2.24, 2.45) is 0 Å². The summed E-state index contributed by atoms with van der Waals surface area (Å²) in [6, 6.07) is -0.481. The molecule has 2 N–H and O–H groups in total. The molecule has 20 heavy (non-hydrogen) atoms. The summed E-state index contributed by atoms with van der Waals surface area (Å²) in [4.78, 5) is 30.7. The Kier molecular flexibility index (Phi) is 6.38. The summed E-state index contributed by atoms with van der Waals surface area (Å²) in [5.74, 6) is -0.345. The van der Waals surface area contributed by atoms with Gasteiger partial charge in [-0.25, -0.2) is 14.8 Å². The molecule has 0 spiro atoms. The molecule has 1 heterocycles. The fraction of sp³-hybridized carbons (Fsp3) is 0.500. The molecule has 1 aromatic rings. The molecule has 1 aromatic heterocycles. The molecule has 1 atom stereocenters. The van der Waals surface area contributed by atoms with Crippen molar-refractivity contribution in [3.63, 3.8) is 0 Å². The summed E-state index contributed by atoms with van der Waals surface area (Å²) in [6.07, 6.45) is 2.65. The number of ether oxygens (including phenoxy) is 2. The molecule has 110 valence electrons. The molecule has 0 bridgehead atoms. The van der Waals surface area contributed by atoms with Crippen LogP contribution in [0.15, 0.2) is 12.4 Å². The number of anilines is 1. The molecule has 0 saturated heterocycles. The van der Waals surface area contributed by atoms with Crippen LogP contribution in [0.1, 0.15) is 17.4 Å². The highest BCUT2D eigenvalue weighted by Crippen LogP contribution is 2.04. The lowest BCUT2D eigenvalue weighted by Gasteiger charge is -2.14. The number of methoxy groups -OCH3 is 2. The van der Waals surface area contributed by atoms with E-state index in [4.69, 9.17) is 4.74 Å². The van der Waals surface area contributed by atoms with Crippen LogP contribution in [0.25, 0.3) is 0 Å².